The molecule has 42 heavy (non-hydrogen) atoms. The lowest BCUT2D eigenvalue weighted by Gasteiger charge is -2.31. The van der Waals surface area contributed by atoms with Gasteiger partial charge in [-0.05, 0) is 104 Å². The Morgan fingerprint density at radius 2 is 1.69 bits per heavy atom. The molecule has 0 radical (unpaired) electrons. The van der Waals surface area contributed by atoms with Crippen LogP contribution < -0.4 is 20.3 Å². The smallest absolute Gasteiger partial charge is 0.282 e. The number of benzene rings is 3. The number of nitrogens with two attached hydrogens (primary N) is 2. The van der Waals surface area contributed by atoms with Gasteiger partial charge in [0, 0.05) is 29.6 Å². The van der Waals surface area contributed by atoms with Crippen LogP contribution in [0.25, 0.3) is 10.8 Å². The van der Waals surface area contributed by atoms with Crippen molar-refractivity contribution >= 4 is 28.6 Å². The second kappa shape index (κ2) is 15.5. The lowest BCUT2D eigenvalue weighted by Crippen LogP contribution is -2.44. The average molecular weight is 600 g/mol. The molecular weight excluding hydrogens is 556 g/mol. The van der Waals surface area contributed by atoms with Crippen molar-refractivity contribution in [1.29, 1.82) is 0 Å². The van der Waals surface area contributed by atoms with Crippen LogP contribution in [0.2, 0.25) is 0 Å². The topological polar surface area (TPSA) is 90.8 Å². The van der Waals surface area contributed by atoms with Gasteiger partial charge in [0.15, 0.2) is 0 Å². The monoisotopic (exact) mass is 599 g/mol. The summed E-state index contributed by atoms with van der Waals surface area (Å²) in [4.78, 5) is 14.7. The molecule has 6 nitrogen and oxygen atoms in total. The number of likely N-dealkylation sites (tertiary alicyclic amines) is 1. The molecule has 2 aliphatic rings. The second-order valence-corrected chi connectivity index (χ2v) is 11.8. The van der Waals surface area contributed by atoms with Crippen LogP contribution in [-0.4, -0.2) is 42.6 Å². The average Bonchev–Trinajstić information content (AvgIpc) is 3.51. The molecule has 0 aromatic heterocycles. The van der Waals surface area contributed by atoms with Crippen LogP contribution in [0.1, 0.15) is 70.3 Å². The first-order valence-electron chi connectivity index (χ1n) is 15.0. The number of amides is 1. The Labute approximate surface area is 252 Å². The van der Waals surface area contributed by atoms with Gasteiger partial charge >= 0.3 is 0 Å². The normalized spacial score (nSPS) is 16.3. The quantitative estimate of drug-likeness (QED) is 0.186. The maximum Gasteiger partial charge on any atom is 0.282 e. The second-order valence-electron chi connectivity index (χ2n) is 11.1. The fraction of sp³-hybridized carbons (Fsp3) is 0.485. The predicted octanol–water partition coefficient (Wildman–Crippen LogP) is 7.42. The van der Waals surface area contributed by atoms with Crippen LogP contribution in [0.3, 0.4) is 0 Å². The summed E-state index contributed by atoms with van der Waals surface area (Å²) < 4.78 is 40.4. The van der Waals surface area contributed by atoms with Crippen LogP contribution in [0, 0.1) is 0 Å². The number of rotatable bonds is 10. The van der Waals surface area contributed by atoms with Crippen molar-refractivity contribution in [1.82, 2.24) is 4.90 Å². The third-order valence-electron chi connectivity index (χ3n) is 7.81. The Morgan fingerprint density at radius 3 is 2.40 bits per heavy atom. The first-order chi connectivity index (χ1) is 20.3. The lowest BCUT2D eigenvalue weighted by molar-refractivity contribution is -0.140. The van der Waals surface area contributed by atoms with Gasteiger partial charge in [-0.15, -0.1) is 0 Å². The van der Waals surface area contributed by atoms with Crippen LogP contribution in [0.15, 0.2) is 65.6 Å². The van der Waals surface area contributed by atoms with E-state index in [0.717, 1.165) is 23.5 Å². The molecule has 1 saturated carbocycles. The molecule has 9 heteroatoms. The van der Waals surface area contributed by atoms with Gasteiger partial charge in [0.05, 0.1) is 19.1 Å². The van der Waals surface area contributed by atoms with Crippen molar-refractivity contribution in [2.24, 2.45) is 10.9 Å². The molecule has 0 unspecified atom stereocenters. The molecule has 1 aliphatic heterocycles. The number of piperidine rings is 1. The SMILES string of the molecule is CCCCOc1cccc(C(F)(F)CC(=O)N2CCC(N)CC2)c1.NSc1ccc2cc(OC3CCCC3)ccc2c1. The third kappa shape index (κ3) is 9.31. The van der Waals surface area contributed by atoms with E-state index in [4.69, 9.17) is 20.3 Å². The van der Waals surface area contributed by atoms with Crippen LogP contribution >= 0.6 is 11.9 Å². The Bertz CT molecular complexity index is 1290. The molecule has 1 saturated heterocycles. The van der Waals surface area contributed by atoms with Crippen LogP contribution in [-0.2, 0) is 10.7 Å². The molecule has 4 N–H and O–H groups in total. The summed E-state index contributed by atoms with van der Waals surface area (Å²) in [5.41, 5.74) is 5.60. The van der Waals surface area contributed by atoms with Crippen molar-refractivity contribution < 1.29 is 23.0 Å². The molecule has 0 atom stereocenters. The van der Waals surface area contributed by atoms with E-state index >= 15 is 0 Å². The fourth-order valence-corrected chi connectivity index (χ4v) is 5.59. The number of carbonyl (C=O) groups excluding carboxylic acids is 1. The standard InChI is InChI=1S/C18H26F2N2O2.C15H17NOS/c1-2-3-11-24-16-6-4-5-14(12-16)18(19,20)13-17(23)22-9-7-15(21)8-10-22;16-18-15-8-6-11-9-14(7-5-12(11)10-15)17-13-3-1-2-4-13/h4-6,12,15H,2-3,7-11,13,21H2,1H3;5-10,13H,1-4,16H2. The van der Waals surface area contributed by atoms with Crippen LogP contribution in [0.5, 0.6) is 11.5 Å². The molecular formula is C33H43F2N3O3S. The Kier molecular flexibility index (Phi) is 11.9. The number of unbranched alkanes of at least 4 members (excludes halogenated alkanes) is 1. The number of ether oxygens (including phenoxy) is 2. The van der Waals surface area contributed by atoms with Crippen LogP contribution in [0.4, 0.5) is 8.78 Å². The molecule has 0 bridgehead atoms. The maximum atomic E-state index is 14.5. The highest BCUT2D eigenvalue weighted by molar-refractivity contribution is 7.97. The number of alkyl halides is 2. The summed E-state index contributed by atoms with van der Waals surface area (Å²) in [6.07, 6.45) is 7.77. The van der Waals surface area contributed by atoms with Crippen molar-refractivity contribution in [3.63, 3.8) is 0 Å². The van der Waals surface area contributed by atoms with Gasteiger partial charge in [-0.3, -0.25) is 9.93 Å². The molecule has 5 rings (SSSR count). The number of halogens is 2. The predicted molar refractivity (Wildman–Crippen MR) is 166 cm³/mol. The largest absolute Gasteiger partial charge is 0.494 e. The van der Waals surface area contributed by atoms with E-state index in [-0.39, 0.29) is 11.6 Å². The molecule has 1 heterocycles. The molecule has 228 valence electrons. The fourth-order valence-electron chi connectivity index (χ4n) is 5.25. The van der Waals surface area contributed by atoms with Gasteiger partial charge in [0.25, 0.3) is 5.92 Å². The number of hydrogen-bond acceptors (Lipinski definition) is 6. The van der Waals surface area contributed by atoms with E-state index in [1.165, 1.54) is 71.5 Å². The van der Waals surface area contributed by atoms with Crippen molar-refractivity contribution in [2.45, 2.75) is 87.7 Å². The van der Waals surface area contributed by atoms with Crippen molar-refractivity contribution in [3.05, 3.63) is 66.2 Å². The Hall–Kier alpha value is -2.88. The Morgan fingerprint density at radius 1 is 0.976 bits per heavy atom. The minimum Gasteiger partial charge on any atom is -0.494 e. The van der Waals surface area contributed by atoms with E-state index in [0.29, 0.717) is 44.4 Å². The minimum absolute atomic E-state index is 0.0616. The zero-order valence-corrected chi connectivity index (χ0v) is 25.2. The molecule has 3 aromatic rings. The van der Waals surface area contributed by atoms with E-state index in [2.05, 4.69) is 30.3 Å². The van der Waals surface area contributed by atoms with Crippen molar-refractivity contribution in [2.75, 3.05) is 19.7 Å². The maximum absolute atomic E-state index is 14.5. The number of hydrogen-bond donors (Lipinski definition) is 2. The summed E-state index contributed by atoms with van der Waals surface area (Å²) in [5, 5.41) is 8.00. The van der Waals surface area contributed by atoms with Gasteiger partial charge in [-0.2, -0.15) is 0 Å². The van der Waals surface area contributed by atoms with E-state index < -0.39 is 18.3 Å². The molecule has 1 aliphatic carbocycles. The molecule has 3 aromatic carbocycles. The van der Waals surface area contributed by atoms with Crippen molar-refractivity contribution in [3.8, 4) is 11.5 Å². The van der Waals surface area contributed by atoms with Gasteiger partial charge in [0.2, 0.25) is 5.91 Å². The highest BCUT2D eigenvalue weighted by Crippen LogP contribution is 2.34. The number of carbonyl (C=O) groups is 1. The number of nitrogens with zero attached hydrogens (tertiary/aromatic N) is 1. The zero-order valence-electron chi connectivity index (χ0n) is 24.4. The summed E-state index contributed by atoms with van der Waals surface area (Å²) in [6.45, 7) is 3.44. The Balaban J connectivity index is 0.000000200. The first kappa shape index (κ1) is 32.0. The zero-order chi connectivity index (χ0) is 30.0. The number of fused-ring (bicyclic) bond motifs is 1. The first-order valence-corrected chi connectivity index (χ1v) is 15.9. The van der Waals surface area contributed by atoms with E-state index in [1.54, 1.807) is 6.07 Å². The molecule has 0 spiro atoms. The molecule has 1 amide bonds. The summed E-state index contributed by atoms with van der Waals surface area (Å²) in [5.74, 6) is -2.33. The lowest BCUT2D eigenvalue weighted by atomic mass is 10.0. The van der Waals surface area contributed by atoms with Gasteiger partial charge < -0.3 is 20.1 Å². The van der Waals surface area contributed by atoms with Gasteiger partial charge in [-0.1, -0.05) is 37.6 Å². The molecule has 2 fully saturated rings. The van der Waals surface area contributed by atoms with E-state index in [9.17, 15) is 13.6 Å². The summed E-state index contributed by atoms with van der Waals surface area (Å²) >= 11 is 1.28. The highest BCUT2D eigenvalue weighted by Gasteiger charge is 2.37. The van der Waals surface area contributed by atoms with Gasteiger partial charge in [0.1, 0.15) is 11.5 Å². The van der Waals surface area contributed by atoms with Gasteiger partial charge in [-0.25, -0.2) is 8.78 Å². The third-order valence-corrected chi connectivity index (χ3v) is 8.34. The minimum atomic E-state index is -3.21. The summed E-state index contributed by atoms with van der Waals surface area (Å²) in [6, 6.07) is 18.5. The van der Waals surface area contributed by atoms with E-state index in [1.807, 2.05) is 13.0 Å². The highest BCUT2D eigenvalue weighted by atomic mass is 32.2. The summed E-state index contributed by atoms with van der Waals surface area (Å²) in [7, 11) is 0.